The van der Waals surface area contributed by atoms with Crippen molar-refractivity contribution in [1.82, 2.24) is 9.97 Å². The van der Waals surface area contributed by atoms with Gasteiger partial charge in [0.2, 0.25) is 0 Å². The van der Waals surface area contributed by atoms with E-state index in [9.17, 15) is 10.2 Å². The molecule has 0 atom stereocenters. The summed E-state index contributed by atoms with van der Waals surface area (Å²) < 4.78 is 0.980. The number of halogens is 1. The van der Waals surface area contributed by atoms with Crippen LogP contribution in [-0.2, 0) is 0 Å². The third kappa shape index (κ3) is 3.79. The molecule has 0 aliphatic heterocycles. The Morgan fingerprint density at radius 2 is 1.71 bits per heavy atom. The number of nitrogens with one attached hydrogen (secondary N) is 1. The minimum absolute atomic E-state index is 0.0106. The molecule has 0 aliphatic carbocycles. The Kier molecular flexibility index (Phi) is 4.90. The molecule has 4 aromatic rings. The van der Waals surface area contributed by atoms with Crippen molar-refractivity contribution in [3.63, 3.8) is 0 Å². The average molecular weight is 435 g/mol. The van der Waals surface area contributed by atoms with Gasteiger partial charge >= 0.3 is 0 Å². The smallest absolute Gasteiger partial charge is 0.162 e. The van der Waals surface area contributed by atoms with E-state index in [1.807, 2.05) is 48.5 Å². The van der Waals surface area contributed by atoms with Crippen molar-refractivity contribution < 1.29 is 10.2 Å². The molecule has 0 spiro atoms. The van der Waals surface area contributed by atoms with Crippen LogP contribution in [0.15, 0.2) is 76.3 Å². The maximum atomic E-state index is 9.87. The maximum Gasteiger partial charge on any atom is 0.162 e. The van der Waals surface area contributed by atoms with Crippen LogP contribution in [0.3, 0.4) is 0 Å². The zero-order valence-corrected chi connectivity index (χ0v) is 16.1. The van der Waals surface area contributed by atoms with Gasteiger partial charge in [-0.25, -0.2) is 9.97 Å². The van der Waals surface area contributed by atoms with Crippen LogP contribution >= 0.6 is 15.9 Å². The van der Waals surface area contributed by atoms with Gasteiger partial charge in [-0.3, -0.25) is 5.43 Å². The first kappa shape index (κ1) is 17.9. The van der Waals surface area contributed by atoms with E-state index in [0.29, 0.717) is 17.2 Å². The molecule has 0 saturated carbocycles. The minimum atomic E-state index is -0.0614. The van der Waals surface area contributed by atoms with E-state index in [4.69, 9.17) is 0 Å². The molecular weight excluding hydrogens is 420 g/mol. The summed E-state index contributed by atoms with van der Waals surface area (Å²) in [4.78, 5) is 9.25. The Morgan fingerprint density at radius 1 is 0.929 bits per heavy atom. The number of phenolic OH excluding ortho intramolecular Hbond substituents is 2. The maximum absolute atomic E-state index is 9.87. The highest BCUT2D eigenvalue weighted by molar-refractivity contribution is 9.10. The number of rotatable bonds is 4. The molecule has 0 fully saturated rings. The fraction of sp³-hybridized carbons (Fsp3) is 0. The summed E-state index contributed by atoms with van der Waals surface area (Å²) in [6, 6.07) is 19.7. The summed E-state index contributed by atoms with van der Waals surface area (Å²) in [6.07, 6.45) is 1.46. The number of aromatic nitrogens is 2. The molecule has 0 unspecified atom stereocenters. The van der Waals surface area contributed by atoms with Crippen molar-refractivity contribution >= 4 is 38.9 Å². The monoisotopic (exact) mass is 434 g/mol. The highest BCUT2D eigenvalue weighted by Gasteiger charge is 2.09. The van der Waals surface area contributed by atoms with Crippen molar-refractivity contribution in [1.29, 1.82) is 0 Å². The van der Waals surface area contributed by atoms with Crippen molar-refractivity contribution in [2.75, 3.05) is 5.43 Å². The van der Waals surface area contributed by atoms with Gasteiger partial charge in [-0.2, -0.15) is 5.10 Å². The Labute approximate surface area is 169 Å². The number of phenols is 2. The van der Waals surface area contributed by atoms with Crippen molar-refractivity contribution in [2.24, 2.45) is 5.10 Å². The second-order valence-corrected chi connectivity index (χ2v) is 6.95. The molecule has 0 bridgehead atoms. The van der Waals surface area contributed by atoms with Crippen LogP contribution in [0.5, 0.6) is 11.5 Å². The zero-order valence-electron chi connectivity index (χ0n) is 14.5. The molecule has 1 heterocycles. The molecule has 3 N–H and O–H groups in total. The number of benzene rings is 3. The number of hydrogen-bond acceptors (Lipinski definition) is 6. The van der Waals surface area contributed by atoms with E-state index in [1.165, 1.54) is 18.3 Å². The van der Waals surface area contributed by atoms with Gasteiger partial charge in [-0.1, -0.05) is 40.2 Å². The predicted octanol–water partition coefficient (Wildman–Crippen LogP) is 4.92. The van der Waals surface area contributed by atoms with Crippen molar-refractivity contribution in [3.8, 4) is 22.9 Å². The summed E-state index contributed by atoms with van der Waals surface area (Å²) in [5.41, 5.74) is 5.08. The molecule has 0 radical (unpaired) electrons. The number of aromatic hydroxyl groups is 2. The topological polar surface area (TPSA) is 90.6 Å². The quantitative estimate of drug-likeness (QED) is 0.313. The first-order chi connectivity index (χ1) is 13.6. The molecule has 4 rings (SSSR count). The van der Waals surface area contributed by atoms with Crippen LogP contribution < -0.4 is 5.43 Å². The number of hydrazone groups is 1. The van der Waals surface area contributed by atoms with Crippen LogP contribution in [0.2, 0.25) is 0 Å². The summed E-state index contributed by atoms with van der Waals surface area (Å²) >= 11 is 3.43. The van der Waals surface area contributed by atoms with Gasteiger partial charge in [0.1, 0.15) is 11.5 Å². The summed E-state index contributed by atoms with van der Waals surface area (Å²) in [6.45, 7) is 0. The Balaban J connectivity index is 1.71. The minimum Gasteiger partial charge on any atom is -0.508 e. The van der Waals surface area contributed by atoms with Gasteiger partial charge in [-0.05, 0) is 36.4 Å². The lowest BCUT2D eigenvalue weighted by Gasteiger charge is -2.08. The van der Waals surface area contributed by atoms with E-state index in [-0.39, 0.29) is 11.5 Å². The fourth-order valence-corrected chi connectivity index (χ4v) is 2.96. The van der Waals surface area contributed by atoms with Gasteiger partial charge in [0.25, 0.3) is 0 Å². The normalized spacial score (nSPS) is 11.2. The van der Waals surface area contributed by atoms with Gasteiger partial charge in [0.05, 0.1) is 11.7 Å². The molecule has 6 nitrogen and oxygen atoms in total. The highest BCUT2D eigenvalue weighted by atomic mass is 79.9. The molecule has 28 heavy (non-hydrogen) atoms. The van der Waals surface area contributed by atoms with Gasteiger partial charge in [0.15, 0.2) is 11.6 Å². The summed E-state index contributed by atoms with van der Waals surface area (Å²) in [7, 11) is 0. The third-order valence-electron chi connectivity index (χ3n) is 4.09. The zero-order chi connectivity index (χ0) is 19.5. The van der Waals surface area contributed by atoms with E-state index in [2.05, 4.69) is 36.4 Å². The van der Waals surface area contributed by atoms with Crippen LogP contribution in [0.25, 0.3) is 22.3 Å². The van der Waals surface area contributed by atoms with E-state index >= 15 is 0 Å². The van der Waals surface area contributed by atoms with E-state index in [1.54, 1.807) is 6.07 Å². The molecule has 7 heteroatoms. The Morgan fingerprint density at radius 3 is 2.50 bits per heavy atom. The fourth-order valence-electron chi connectivity index (χ4n) is 2.69. The second-order valence-electron chi connectivity index (χ2n) is 6.03. The van der Waals surface area contributed by atoms with Crippen LogP contribution in [0.1, 0.15) is 5.56 Å². The number of fused-ring (bicyclic) bond motifs is 1. The van der Waals surface area contributed by atoms with Crippen LogP contribution in [0.4, 0.5) is 5.82 Å². The van der Waals surface area contributed by atoms with Gasteiger partial charge < -0.3 is 10.2 Å². The largest absolute Gasteiger partial charge is 0.508 e. The molecule has 3 aromatic carbocycles. The number of hydrogen-bond donors (Lipinski definition) is 3. The van der Waals surface area contributed by atoms with Crippen molar-refractivity contribution in [2.45, 2.75) is 0 Å². The number of anilines is 1. The summed E-state index contributed by atoms with van der Waals surface area (Å²) in [5, 5.41) is 24.3. The highest BCUT2D eigenvalue weighted by Crippen LogP contribution is 2.26. The lowest BCUT2D eigenvalue weighted by Crippen LogP contribution is -1.99. The SMILES string of the molecule is Oc1ccc(/C=N/Nc2nc(-c3ccc(Br)cc3)nc3ccccc23)c(O)c1. The first-order valence-electron chi connectivity index (χ1n) is 8.44. The van der Waals surface area contributed by atoms with Crippen LogP contribution in [-0.4, -0.2) is 26.4 Å². The molecule has 0 saturated heterocycles. The predicted molar refractivity (Wildman–Crippen MR) is 114 cm³/mol. The van der Waals surface area contributed by atoms with Gasteiger partial charge in [0, 0.05) is 27.1 Å². The van der Waals surface area contributed by atoms with E-state index in [0.717, 1.165) is 20.9 Å². The first-order valence-corrected chi connectivity index (χ1v) is 9.23. The third-order valence-corrected chi connectivity index (χ3v) is 4.62. The molecule has 0 amide bonds. The van der Waals surface area contributed by atoms with Crippen LogP contribution in [0, 0.1) is 0 Å². The number of para-hydroxylation sites is 1. The molecule has 1 aromatic heterocycles. The molecular formula is C21H15BrN4O2. The Bertz CT molecular complexity index is 1180. The lowest BCUT2D eigenvalue weighted by molar-refractivity contribution is 0.450. The Hall–Kier alpha value is -3.45. The van der Waals surface area contributed by atoms with Gasteiger partial charge in [-0.15, -0.1) is 0 Å². The van der Waals surface area contributed by atoms with Crippen molar-refractivity contribution in [3.05, 3.63) is 76.8 Å². The van der Waals surface area contributed by atoms with E-state index < -0.39 is 0 Å². The number of nitrogens with zero attached hydrogens (tertiary/aromatic N) is 3. The summed E-state index contributed by atoms with van der Waals surface area (Å²) in [5.74, 6) is 1.06. The standard InChI is InChI=1S/C21H15BrN4O2/c22-15-8-5-13(6-9-15)20-24-18-4-2-1-3-17(18)21(25-20)26-23-12-14-7-10-16(27)11-19(14)28/h1-12,27-28H,(H,24,25,26)/b23-12+. The molecule has 0 aliphatic rings. The average Bonchev–Trinajstić information content (AvgIpc) is 2.70. The second kappa shape index (κ2) is 7.66. The molecule has 138 valence electrons. The lowest BCUT2D eigenvalue weighted by atomic mass is 10.2.